The standard InChI is InChI=1S/C18H20N2O8/c21-13-3-4-14(22)19(13)27-17(25)11-8-10-2-1-9(11)7-12(10)18(26)28-20-15(23)5-6-16(20)24/h9-12H,1-8H2. The quantitative estimate of drug-likeness (QED) is 0.623. The molecule has 0 aromatic heterocycles. The lowest BCUT2D eigenvalue weighted by Crippen LogP contribution is -2.47. The lowest BCUT2D eigenvalue weighted by Gasteiger charge is -2.44. The fourth-order valence-corrected chi connectivity index (χ4v) is 4.64. The smallest absolute Gasteiger partial charge is 0.330 e. The van der Waals surface area contributed by atoms with Crippen LogP contribution in [0, 0.1) is 23.7 Å². The van der Waals surface area contributed by atoms with Crippen molar-refractivity contribution in [2.24, 2.45) is 23.7 Å². The molecule has 0 N–H and O–H groups in total. The molecular weight excluding hydrogens is 372 g/mol. The average molecular weight is 392 g/mol. The first-order valence-corrected chi connectivity index (χ1v) is 9.50. The van der Waals surface area contributed by atoms with E-state index >= 15 is 0 Å². The highest BCUT2D eigenvalue weighted by atomic mass is 16.7. The number of imide groups is 2. The number of hydrogen-bond acceptors (Lipinski definition) is 8. The Bertz CT molecular complexity index is 682. The lowest BCUT2D eigenvalue weighted by atomic mass is 9.60. The molecule has 5 rings (SSSR count). The molecule has 3 aliphatic carbocycles. The first-order chi connectivity index (χ1) is 13.3. The van der Waals surface area contributed by atoms with Crippen molar-refractivity contribution >= 4 is 35.6 Å². The maximum Gasteiger partial charge on any atom is 0.336 e. The molecule has 4 amide bonds. The SMILES string of the molecule is O=C(ON1C(=O)CCC1=O)C1CC2CCC1CC2C(=O)ON1C(=O)CCC1=O. The van der Waals surface area contributed by atoms with E-state index in [1.54, 1.807) is 0 Å². The summed E-state index contributed by atoms with van der Waals surface area (Å²) in [6.07, 6.45) is 2.32. The number of amides is 4. The number of fused-ring (bicyclic) bond motifs is 3. The van der Waals surface area contributed by atoms with Crippen LogP contribution in [0.5, 0.6) is 0 Å². The first kappa shape index (κ1) is 18.6. The van der Waals surface area contributed by atoms with Gasteiger partial charge in [-0.15, -0.1) is 10.1 Å². The molecule has 28 heavy (non-hydrogen) atoms. The van der Waals surface area contributed by atoms with Crippen LogP contribution in [-0.2, 0) is 38.4 Å². The zero-order valence-corrected chi connectivity index (χ0v) is 15.1. The summed E-state index contributed by atoms with van der Waals surface area (Å²) >= 11 is 0. The molecule has 2 aliphatic heterocycles. The van der Waals surface area contributed by atoms with E-state index in [0.29, 0.717) is 23.0 Å². The second-order valence-corrected chi connectivity index (χ2v) is 7.77. The summed E-state index contributed by atoms with van der Waals surface area (Å²) in [6, 6.07) is 0. The van der Waals surface area contributed by atoms with Crippen molar-refractivity contribution in [3.05, 3.63) is 0 Å². The molecule has 5 fully saturated rings. The van der Waals surface area contributed by atoms with E-state index < -0.39 is 47.4 Å². The molecule has 0 aromatic carbocycles. The van der Waals surface area contributed by atoms with Gasteiger partial charge in [0.05, 0.1) is 11.8 Å². The third-order valence-electron chi connectivity index (χ3n) is 6.14. The molecule has 0 aromatic rings. The minimum absolute atomic E-state index is 0.0324. The van der Waals surface area contributed by atoms with E-state index in [2.05, 4.69) is 0 Å². The Labute approximate surface area is 160 Å². The molecule has 10 nitrogen and oxygen atoms in total. The van der Waals surface area contributed by atoms with Crippen molar-refractivity contribution in [1.82, 2.24) is 10.1 Å². The van der Waals surface area contributed by atoms with Gasteiger partial charge in [0.15, 0.2) is 0 Å². The zero-order chi connectivity index (χ0) is 20.0. The first-order valence-electron chi connectivity index (χ1n) is 9.50. The predicted molar refractivity (Wildman–Crippen MR) is 86.8 cm³/mol. The Morgan fingerprint density at radius 3 is 1.25 bits per heavy atom. The van der Waals surface area contributed by atoms with Crippen molar-refractivity contribution < 1.29 is 38.4 Å². The van der Waals surface area contributed by atoms with Gasteiger partial charge in [0.2, 0.25) is 0 Å². The molecule has 0 radical (unpaired) electrons. The largest absolute Gasteiger partial charge is 0.336 e. The van der Waals surface area contributed by atoms with Gasteiger partial charge in [-0.1, -0.05) is 0 Å². The van der Waals surface area contributed by atoms with E-state index in [9.17, 15) is 28.8 Å². The summed E-state index contributed by atoms with van der Waals surface area (Å²) in [4.78, 5) is 81.6. The van der Waals surface area contributed by atoms with Crippen LogP contribution in [0.3, 0.4) is 0 Å². The number of rotatable bonds is 4. The van der Waals surface area contributed by atoms with Crippen molar-refractivity contribution in [3.63, 3.8) is 0 Å². The third kappa shape index (κ3) is 3.16. The van der Waals surface area contributed by atoms with E-state index in [0.717, 1.165) is 12.8 Å². The molecular formula is C18H20N2O8. The summed E-state index contributed by atoms with van der Waals surface area (Å²) in [5.74, 6) is -4.66. The number of hydrogen-bond donors (Lipinski definition) is 0. The Morgan fingerprint density at radius 1 is 0.643 bits per heavy atom. The van der Waals surface area contributed by atoms with Gasteiger partial charge in [0, 0.05) is 25.7 Å². The Kier molecular flexibility index (Phi) is 4.64. The minimum Gasteiger partial charge on any atom is -0.330 e. The van der Waals surface area contributed by atoms with E-state index in [1.165, 1.54) is 0 Å². The fourth-order valence-electron chi connectivity index (χ4n) is 4.64. The van der Waals surface area contributed by atoms with Crippen LogP contribution in [0.4, 0.5) is 0 Å². The molecule has 3 saturated carbocycles. The second kappa shape index (κ2) is 6.99. The molecule has 4 unspecified atom stereocenters. The Balaban J connectivity index is 1.37. The van der Waals surface area contributed by atoms with Crippen LogP contribution in [0.2, 0.25) is 0 Å². The summed E-state index contributed by atoms with van der Waals surface area (Å²) < 4.78 is 0. The average Bonchev–Trinajstić information content (AvgIpc) is 3.18. The molecule has 4 atom stereocenters. The van der Waals surface area contributed by atoms with Crippen molar-refractivity contribution in [3.8, 4) is 0 Å². The van der Waals surface area contributed by atoms with Crippen molar-refractivity contribution in [1.29, 1.82) is 0 Å². The molecule has 2 saturated heterocycles. The van der Waals surface area contributed by atoms with Crippen LogP contribution in [0.1, 0.15) is 51.4 Å². The maximum absolute atomic E-state index is 12.5. The van der Waals surface area contributed by atoms with Crippen LogP contribution in [0.15, 0.2) is 0 Å². The highest BCUT2D eigenvalue weighted by molar-refractivity contribution is 6.02. The van der Waals surface area contributed by atoms with E-state index in [4.69, 9.17) is 9.68 Å². The van der Waals surface area contributed by atoms with Gasteiger partial charge in [0.1, 0.15) is 0 Å². The van der Waals surface area contributed by atoms with Crippen molar-refractivity contribution in [2.75, 3.05) is 0 Å². The molecule has 150 valence electrons. The van der Waals surface area contributed by atoms with Gasteiger partial charge in [-0.25, -0.2) is 9.59 Å². The fraction of sp³-hybridized carbons (Fsp3) is 0.667. The van der Waals surface area contributed by atoms with Gasteiger partial charge in [-0.2, -0.15) is 0 Å². The topological polar surface area (TPSA) is 127 Å². The summed E-state index contributed by atoms with van der Waals surface area (Å²) in [5, 5.41) is 1.09. The Morgan fingerprint density at radius 2 is 0.964 bits per heavy atom. The number of hydroxylamine groups is 4. The van der Waals surface area contributed by atoms with Crippen LogP contribution >= 0.6 is 0 Å². The van der Waals surface area contributed by atoms with E-state index in [-0.39, 0.29) is 37.5 Å². The highest BCUT2D eigenvalue weighted by Gasteiger charge is 2.50. The van der Waals surface area contributed by atoms with Gasteiger partial charge >= 0.3 is 11.9 Å². The normalized spacial score (nSPS) is 32.3. The summed E-state index contributed by atoms with van der Waals surface area (Å²) in [5.41, 5.74) is 0. The van der Waals surface area contributed by atoms with Gasteiger partial charge in [0.25, 0.3) is 23.6 Å². The lowest BCUT2D eigenvalue weighted by molar-refractivity contribution is -0.210. The molecule has 2 bridgehead atoms. The van der Waals surface area contributed by atoms with Gasteiger partial charge < -0.3 is 9.68 Å². The summed E-state index contributed by atoms with van der Waals surface area (Å²) in [7, 11) is 0. The van der Waals surface area contributed by atoms with Gasteiger partial charge in [-0.05, 0) is 37.5 Å². The molecule has 0 spiro atoms. The number of nitrogens with zero attached hydrogens (tertiary/aromatic N) is 2. The van der Waals surface area contributed by atoms with Crippen LogP contribution < -0.4 is 0 Å². The highest BCUT2D eigenvalue weighted by Crippen LogP contribution is 2.49. The predicted octanol–water partition coefficient (Wildman–Crippen LogP) is 0.253. The molecule has 10 heteroatoms. The minimum atomic E-state index is -0.630. The maximum atomic E-state index is 12.5. The number of carbonyl (C=O) groups excluding carboxylic acids is 6. The van der Waals surface area contributed by atoms with Gasteiger partial charge in [-0.3, -0.25) is 19.2 Å². The van der Waals surface area contributed by atoms with Crippen LogP contribution in [-0.4, -0.2) is 45.7 Å². The second-order valence-electron chi connectivity index (χ2n) is 7.77. The van der Waals surface area contributed by atoms with E-state index in [1.807, 2.05) is 0 Å². The Hall–Kier alpha value is -2.78. The van der Waals surface area contributed by atoms with Crippen LogP contribution in [0.25, 0.3) is 0 Å². The zero-order valence-electron chi connectivity index (χ0n) is 15.1. The number of carbonyl (C=O) groups is 6. The monoisotopic (exact) mass is 392 g/mol. The van der Waals surface area contributed by atoms with Crippen molar-refractivity contribution in [2.45, 2.75) is 51.4 Å². The third-order valence-corrected chi connectivity index (χ3v) is 6.14. The summed E-state index contributed by atoms with van der Waals surface area (Å²) in [6.45, 7) is 0. The molecule has 2 heterocycles. The molecule has 5 aliphatic rings.